The summed E-state index contributed by atoms with van der Waals surface area (Å²) in [5.41, 5.74) is 6.48. The molecular weight excluding hydrogens is 241 g/mol. The second-order valence-corrected chi connectivity index (χ2v) is 3.73. The fourth-order valence-electron chi connectivity index (χ4n) is 1.81. The van der Waals surface area contributed by atoms with Crippen LogP contribution in [0.15, 0.2) is 24.6 Å². The Morgan fingerprint density at radius 1 is 1.44 bits per heavy atom. The van der Waals surface area contributed by atoms with Crippen molar-refractivity contribution >= 4 is 17.0 Å². The number of ether oxygens (including phenoxy) is 2. The van der Waals surface area contributed by atoms with Crippen molar-refractivity contribution in [2.45, 2.75) is 12.5 Å². The van der Waals surface area contributed by atoms with Gasteiger partial charge in [-0.3, -0.25) is 4.57 Å². The van der Waals surface area contributed by atoms with Crippen LogP contribution in [0.25, 0.3) is 11.2 Å². The number of hydrogen-bond donors (Lipinski definition) is 1. The summed E-state index contributed by atoms with van der Waals surface area (Å²) in [6.45, 7) is 0. The van der Waals surface area contributed by atoms with Crippen molar-refractivity contribution in [2.24, 2.45) is 0 Å². The van der Waals surface area contributed by atoms with Crippen LogP contribution in [0.4, 0.5) is 10.2 Å². The summed E-state index contributed by atoms with van der Waals surface area (Å²) in [6, 6.07) is 0. The zero-order valence-corrected chi connectivity index (χ0v) is 9.45. The fourth-order valence-corrected chi connectivity index (χ4v) is 1.81. The molecule has 7 nitrogen and oxygen atoms in total. The molecular formula is C10H10FN5O2. The molecule has 0 spiro atoms. The molecule has 94 valence electrons. The van der Waals surface area contributed by atoms with Crippen LogP contribution in [0.5, 0.6) is 0 Å². The number of imidazole rings is 1. The van der Waals surface area contributed by atoms with Gasteiger partial charge in [-0.15, -0.1) is 0 Å². The standard InChI is InChI=1S/C10H10FN5O2/c1-17-6-2-5(11)10(18-6)16-4-15-7-8(12)13-3-14-9(7)16/h2-4,6,10H,1H3,(H2,12,13,14)/t6-,10+/m0/s1. The minimum atomic E-state index is -0.936. The van der Waals surface area contributed by atoms with Gasteiger partial charge in [0.05, 0.1) is 6.33 Å². The van der Waals surface area contributed by atoms with Gasteiger partial charge in [0.15, 0.2) is 29.8 Å². The highest BCUT2D eigenvalue weighted by molar-refractivity contribution is 5.81. The van der Waals surface area contributed by atoms with Crippen LogP contribution in [0.3, 0.4) is 0 Å². The minimum Gasteiger partial charge on any atom is -0.382 e. The molecule has 2 N–H and O–H groups in total. The molecule has 1 aliphatic rings. The van der Waals surface area contributed by atoms with Gasteiger partial charge < -0.3 is 15.2 Å². The second kappa shape index (κ2) is 4.00. The molecule has 1 aliphatic heterocycles. The first-order valence-corrected chi connectivity index (χ1v) is 5.19. The summed E-state index contributed by atoms with van der Waals surface area (Å²) >= 11 is 0. The van der Waals surface area contributed by atoms with Gasteiger partial charge >= 0.3 is 0 Å². The Balaban J connectivity index is 2.06. The molecule has 2 atom stereocenters. The lowest BCUT2D eigenvalue weighted by atomic mass is 10.4. The van der Waals surface area contributed by atoms with Crippen LogP contribution in [-0.2, 0) is 9.47 Å². The molecule has 0 radical (unpaired) electrons. The predicted molar refractivity (Wildman–Crippen MR) is 59.8 cm³/mol. The lowest BCUT2D eigenvalue weighted by Crippen LogP contribution is -2.14. The van der Waals surface area contributed by atoms with E-state index >= 15 is 0 Å². The number of hydrogen-bond acceptors (Lipinski definition) is 6. The van der Waals surface area contributed by atoms with Crippen molar-refractivity contribution in [3.63, 3.8) is 0 Å². The normalized spacial score (nSPS) is 23.6. The third kappa shape index (κ3) is 1.54. The topological polar surface area (TPSA) is 88.1 Å². The first kappa shape index (κ1) is 11.1. The molecule has 0 saturated carbocycles. The average molecular weight is 251 g/mol. The van der Waals surface area contributed by atoms with Gasteiger partial charge in [-0.1, -0.05) is 0 Å². The lowest BCUT2D eigenvalue weighted by molar-refractivity contribution is -0.122. The maximum absolute atomic E-state index is 13.7. The van der Waals surface area contributed by atoms with Crippen LogP contribution in [0.2, 0.25) is 0 Å². The number of methoxy groups -OCH3 is 1. The number of nitrogen functional groups attached to an aromatic ring is 1. The molecule has 0 aromatic carbocycles. The van der Waals surface area contributed by atoms with E-state index in [0.717, 1.165) is 0 Å². The van der Waals surface area contributed by atoms with Crippen LogP contribution < -0.4 is 5.73 Å². The molecule has 18 heavy (non-hydrogen) atoms. The maximum atomic E-state index is 13.7. The van der Waals surface area contributed by atoms with E-state index in [-0.39, 0.29) is 5.82 Å². The Labute approximate surface area is 101 Å². The quantitative estimate of drug-likeness (QED) is 0.847. The van der Waals surface area contributed by atoms with Gasteiger partial charge in [-0.2, -0.15) is 0 Å². The van der Waals surface area contributed by atoms with Crippen molar-refractivity contribution in [1.29, 1.82) is 0 Å². The highest BCUT2D eigenvalue weighted by atomic mass is 19.1. The smallest absolute Gasteiger partial charge is 0.192 e. The van der Waals surface area contributed by atoms with E-state index in [9.17, 15) is 4.39 Å². The largest absolute Gasteiger partial charge is 0.382 e. The van der Waals surface area contributed by atoms with E-state index in [1.54, 1.807) is 0 Å². The number of rotatable bonds is 2. The monoisotopic (exact) mass is 251 g/mol. The molecule has 0 saturated heterocycles. The van der Waals surface area contributed by atoms with Crippen LogP contribution in [-0.4, -0.2) is 32.9 Å². The lowest BCUT2D eigenvalue weighted by Gasteiger charge is -2.14. The minimum absolute atomic E-state index is 0.240. The maximum Gasteiger partial charge on any atom is 0.192 e. The number of fused-ring (bicyclic) bond motifs is 1. The Morgan fingerprint density at radius 2 is 2.28 bits per heavy atom. The van der Waals surface area contributed by atoms with Gasteiger partial charge in [0.25, 0.3) is 0 Å². The van der Waals surface area contributed by atoms with Gasteiger partial charge in [-0.05, 0) is 0 Å². The Morgan fingerprint density at radius 3 is 3.00 bits per heavy atom. The number of aromatic nitrogens is 4. The molecule has 2 aromatic rings. The molecule has 3 heterocycles. The summed E-state index contributed by atoms with van der Waals surface area (Å²) in [4.78, 5) is 11.9. The van der Waals surface area contributed by atoms with E-state index in [4.69, 9.17) is 15.2 Å². The highest BCUT2D eigenvalue weighted by Gasteiger charge is 2.30. The third-order valence-electron chi connectivity index (χ3n) is 2.67. The summed E-state index contributed by atoms with van der Waals surface area (Å²) < 4.78 is 25.5. The Bertz CT molecular complexity index is 626. The summed E-state index contributed by atoms with van der Waals surface area (Å²) in [5.74, 6) is -0.220. The van der Waals surface area contributed by atoms with Crippen LogP contribution in [0.1, 0.15) is 6.23 Å². The average Bonchev–Trinajstić information content (AvgIpc) is 2.93. The molecule has 3 rings (SSSR count). The van der Waals surface area contributed by atoms with E-state index in [1.807, 2.05) is 0 Å². The summed E-state index contributed by atoms with van der Waals surface area (Å²) in [6.07, 6.45) is 2.30. The first-order chi connectivity index (χ1) is 8.70. The van der Waals surface area contributed by atoms with Crippen molar-refractivity contribution in [3.8, 4) is 0 Å². The number of nitrogens with two attached hydrogens (primary N) is 1. The molecule has 0 aliphatic carbocycles. The van der Waals surface area contributed by atoms with Gasteiger partial charge in [-0.25, -0.2) is 19.3 Å². The zero-order chi connectivity index (χ0) is 12.7. The van der Waals surface area contributed by atoms with E-state index in [0.29, 0.717) is 11.2 Å². The number of anilines is 1. The van der Waals surface area contributed by atoms with E-state index < -0.39 is 18.3 Å². The zero-order valence-electron chi connectivity index (χ0n) is 9.45. The molecule has 2 aromatic heterocycles. The van der Waals surface area contributed by atoms with Gasteiger partial charge in [0.1, 0.15) is 11.8 Å². The summed E-state index contributed by atoms with van der Waals surface area (Å²) in [7, 11) is 1.43. The van der Waals surface area contributed by atoms with Crippen molar-refractivity contribution in [3.05, 3.63) is 24.6 Å². The Kier molecular flexibility index (Phi) is 2.46. The van der Waals surface area contributed by atoms with Crippen molar-refractivity contribution < 1.29 is 13.9 Å². The fraction of sp³-hybridized carbons (Fsp3) is 0.300. The third-order valence-corrected chi connectivity index (χ3v) is 2.67. The SMILES string of the molecule is CO[C@@H]1C=C(F)[C@H](n2cnc3c(N)ncnc32)O1. The second-order valence-electron chi connectivity index (χ2n) is 3.73. The Hall–Kier alpha value is -2.06. The summed E-state index contributed by atoms with van der Waals surface area (Å²) in [5, 5.41) is 0. The number of nitrogens with zero attached hydrogens (tertiary/aromatic N) is 4. The van der Waals surface area contributed by atoms with Crippen LogP contribution in [0, 0.1) is 0 Å². The number of halogens is 1. The van der Waals surface area contributed by atoms with Crippen molar-refractivity contribution in [2.75, 3.05) is 12.8 Å². The van der Waals surface area contributed by atoms with Crippen LogP contribution >= 0.6 is 0 Å². The first-order valence-electron chi connectivity index (χ1n) is 5.19. The highest BCUT2D eigenvalue weighted by Crippen LogP contribution is 2.32. The van der Waals surface area contributed by atoms with Crippen molar-refractivity contribution in [1.82, 2.24) is 19.5 Å². The van der Waals surface area contributed by atoms with E-state index in [1.165, 1.54) is 30.4 Å². The molecule has 0 unspecified atom stereocenters. The van der Waals surface area contributed by atoms with Gasteiger partial charge in [0, 0.05) is 13.2 Å². The molecule has 8 heteroatoms. The molecule has 0 bridgehead atoms. The molecule has 0 fully saturated rings. The van der Waals surface area contributed by atoms with Gasteiger partial charge in [0.2, 0.25) is 0 Å². The predicted octanol–water partition coefficient (Wildman–Crippen LogP) is 0.763. The van der Waals surface area contributed by atoms with E-state index in [2.05, 4.69) is 15.0 Å². The molecule has 0 amide bonds.